The van der Waals surface area contributed by atoms with Gasteiger partial charge in [-0.1, -0.05) is 24.3 Å². The van der Waals surface area contributed by atoms with Gasteiger partial charge in [0.25, 0.3) is 0 Å². The Balaban J connectivity index is 1.48. The first-order valence-electron chi connectivity index (χ1n) is 8.44. The summed E-state index contributed by atoms with van der Waals surface area (Å²) in [6.07, 6.45) is 7.04. The van der Waals surface area contributed by atoms with Crippen LogP contribution in [0.25, 0.3) is 5.57 Å². The van der Waals surface area contributed by atoms with E-state index in [0.717, 1.165) is 30.8 Å². The number of amides is 1. The molecule has 1 aromatic carbocycles. The Labute approximate surface area is 148 Å². The first-order valence-corrected chi connectivity index (χ1v) is 8.44. The molecule has 1 aromatic heterocycles. The predicted octanol–water partition coefficient (Wildman–Crippen LogP) is 1.83. The summed E-state index contributed by atoms with van der Waals surface area (Å²) < 4.78 is 7.12. The number of nitrogens with one attached hydrogen (secondary N) is 1. The van der Waals surface area contributed by atoms with Gasteiger partial charge in [0.2, 0.25) is 5.91 Å². The number of hydrogen-bond acceptors (Lipinski definition) is 4. The van der Waals surface area contributed by atoms with Crippen molar-refractivity contribution in [3.8, 4) is 5.75 Å². The maximum atomic E-state index is 12.2. The Hall–Kier alpha value is -2.60. The van der Waals surface area contributed by atoms with Gasteiger partial charge in [-0.2, -0.15) is 5.10 Å². The third-order valence-electron chi connectivity index (χ3n) is 4.40. The van der Waals surface area contributed by atoms with Gasteiger partial charge < -0.3 is 10.1 Å². The minimum absolute atomic E-state index is 0.0316. The first kappa shape index (κ1) is 17.2. The number of aromatic nitrogens is 2. The van der Waals surface area contributed by atoms with E-state index >= 15 is 0 Å². The highest BCUT2D eigenvalue weighted by atomic mass is 16.5. The predicted molar refractivity (Wildman–Crippen MR) is 97.1 cm³/mol. The number of rotatable bonds is 6. The van der Waals surface area contributed by atoms with Crippen LogP contribution in [0.5, 0.6) is 5.75 Å². The Morgan fingerprint density at radius 1 is 1.36 bits per heavy atom. The van der Waals surface area contributed by atoms with Crippen molar-refractivity contribution < 1.29 is 9.53 Å². The van der Waals surface area contributed by atoms with Crippen molar-refractivity contribution in [1.29, 1.82) is 0 Å². The lowest BCUT2D eigenvalue weighted by Gasteiger charge is -2.25. The summed E-state index contributed by atoms with van der Waals surface area (Å²) in [6.45, 7) is 2.55. The lowest BCUT2D eigenvalue weighted by Crippen LogP contribution is -2.39. The molecule has 1 N–H and O–H groups in total. The van der Waals surface area contributed by atoms with Crippen LogP contribution in [0.4, 0.5) is 0 Å². The molecule has 6 nitrogen and oxygen atoms in total. The molecule has 0 unspecified atom stereocenters. The largest absolute Gasteiger partial charge is 0.496 e. The fourth-order valence-corrected chi connectivity index (χ4v) is 3.01. The summed E-state index contributed by atoms with van der Waals surface area (Å²) in [5, 5.41) is 7.19. The average Bonchev–Trinajstić information content (AvgIpc) is 3.07. The second-order valence-electron chi connectivity index (χ2n) is 6.21. The summed E-state index contributed by atoms with van der Waals surface area (Å²) in [5.41, 5.74) is 3.46. The van der Waals surface area contributed by atoms with E-state index in [1.54, 1.807) is 7.11 Å². The number of hydrogen-bond donors (Lipinski definition) is 1. The zero-order chi connectivity index (χ0) is 17.6. The van der Waals surface area contributed by atoms with E-state index in [-0.39, 0.29) is 5.91 Å². The topological polar surface area (TPSA) is 59.4 Å². The summed E-state index contributed by atoms with van der Waals surface area (Å²) in [5.74, 6) is 0.828. The van der Waals surface area contributed by atoms with Crippen LogP contribution in [0, 0.1) is 0 Å². The van der Waals surface area contributed by atoms with Crippen molar-refractivity contribution in [3.63, 3.8) is 0 Å². The quantitative estimate of drug-likeness (QED) is 0.872. The molecule has 0 fully saturated rings. The smallest absolute Gasteiger partial charge is 0.234 e. The molecule has 0 radical (unpaired) electrons. The molecule has 0 saturated carbocycles. The second-order valence-corrected chi connectivity index (χ2v) is 6.21. The standard InChI is InChI=1S/C19H24N4O2/c1-22-13-17(12-21-22)15-7-9-23(10-8-15)14-19(24)20-11-16-5-3-4-6-18(16)25-2/h3-7,12-13H,8-11,14H2,1-2H3,(H,20,24). The van der Waals surface area contributed by atoms with Crippen LogP contribution in [-0.2, 0) is 18.4 Å². The number of ether oxygens (including phenoxy) is 1. The van der Waals surface area contributed by atoms with E-state index in [9.17, 15) is 4.79 Å². The summed E-state index contributed by atoms with van der Waals surface area (Å²) in [4.78, 5) is 14.4. The SMILES string of the molecule is COc1ccccc1CNC(=O)CN1CC=C(c2cnn(C)c2)CC1. The van der Waals surface area contributed by atoms with Crippen LogP contribution < -0.4 is 10.1 Å². The molecule has 1 aliphatic rings. The van der Waals surface area contributed by atoms with Gasteiger partial charge >= 0.3 is 0 Å². The maximum Gasteiger partial charge on any atom is 0.234 e. The zero-order valence-corrected chi connectivity index (χ0v) is 14.7. The van der Waals surface area contributed by atoms with Crippen LogP contribution >= 0.6 is 0 Å². The molecule has 2 aromatic rings. The minimum Gasteiger partial charge on any atom is -0.496 e. The summed E-state index contributed by atoms with van der Waals surface area (Å²) in [6, 6.07) is 7.73. The Morgan fingerprint density at radius 3 is 2.88 bits per heavy atom. The van der Waals surface area contributed by atoms with E-state index < -0.39 is 0 Å². The zero-order valence-electron chi connectivity index (χ0n) is 14.7. The van der Waals surface area contributed by atoms with Gasteiger partial charge in [0, 0.05) is 44.0 Å². The lowest BCUT2D eigenvalue weighted by molar-refractivity contribution is -0.122. The van der Waals surface area contributed by atoms with Crippen molar-refractivity contribution in [2.75, 3.05) is 26.7 Å². The summed E-state index contributed by atoms with van der Waals surface area (Å²) >= 11 is 0. The number of para-hydroxylation sites is 1. The van der Waals surface area contributed by atoms with E-state index in [2.05, 4.69) is 21.4 Å². The highest BCUT2D eigenvalue weighted by molar-refractivity contribution is 5.78. The molecule has 2 heterocycles. The highest BCUT2D eigenvalue weighted by Crippen LogP contribution is 2.21. The van der Waals surface area contributed by atoms with E-state index in [1.807, 2.05) is 48.4 Å². The molecule has 0 aliphatic carbocycles. The molecule has 3 rings (SSSR count). The van der Waals surface area contributed by atoms with E-state index in [0.29, 0.717) is 13.1 Å². The highest BCUT2D eigenvalue weighted by Gasteiger charge is 2.16. The van der Waals surface area contributed by atoms with Crippen LogP contribution in [-0.4, -0.2) is 47.3 Å². The molecule has 0 atom stereocenters. The minimum atomic E-state index is 0.0316. The second kappa shape index (κ2) is 7.98. The number of nitrogens with zero attached hydrogens (tertiary/aromatic N) is 3. The van der Waals surface area contributed by atoms with Crippen LogP contribution in [0.1, 0.15) is 17.5 Å². The van der Waals surface area contributed by atoms with Crippen molar-refractivity contribution in [3.05, 3.63) is 53.9 Å². The molecule has 1 amide bonds. The van der Waals surface area contributed by atoms with Crippen LogP contribution in [0.3, 0.4) is 0 Å². The summed E-state index contributed by atoms with van der Waals surface area (Å²) in [7, 11) is 3.56. The maximum absolute atomic E-state index is 12.2. The fourth-order valence-electron chi connectivity index (χ4n) is 3.01. The molecule has 0 saturated heterocycles. The average molecular weight is 340 g/mol. The van der Waals surface area contributed by atoms with Gasteiger partial charge in [-0.05, 0) is 18.1 Å². The van der Waals surface area contributed by atoms with Crippen molar-refractivity contribution in [1.82, 2.24) is 20.0 Å². The molecule has 6 heteroatoms. The van der Waals surface area contributed by atoms with Crippen LogP contribution in [0.2, 0.25) is 0 Å². The van der Waals surface area contributed by atoms with Gasteiger partial charge in [0.15, 0.2) is 0 Å². The molecular formula is C19H24N4O2. The molecule has 132 valence electrons. The van der Waals surface area contributed by atoms with Crippen molar-refractivity contribution >= 4 is 11.5 Å². The Kier molecular flexibility index (Phi) is 5.50. The number of aryl methyl sites for hydroxylation is 1. The normalized spacial score (nSPS) is 14.9. The molecule has 0 spiro atoms. The number of methoxy groups -OCH3 is 1. The Morgan fingerprint density at radius 2 is 2.20 bits per heavy atom. The van der Waals surface area contributed by atoms with E-state index in [1.165, 1.54) is 11.1 Å². The Bertz CT molecular complexity index is 766. The van der Waals surface area contributed by atoms with Crippen molar-refractivity contribution in [2.45, 2.75) is 13.0 Å². The molecule has 25 heavy (non-hydrogen) atoms. The number of carbonyl (C=O) groups excluding carboxylic acids is 1. The number of carbonyl (C=O) groups is 1. The van der Waals surface area contributed by atoms with Crippen LogP contribution in [0.15, 0.2) is 42.7 Å². The van der Waals surface area contributed by atoms with Gasteiger partial charge in [0.05, 0.1) is 19.9 Å². The molecule has 1 aliphatic heterocycles. The van der Waals surface area contributed by atoms with Gasteiger partial charge in [0.1, 0.15) is 5.75 Å². The van der Waals surface area contributed by atoms with E-state index in [4.69, 9.17) is 4.74 Å². The molecular weight excluding hydrogens is 316 g/mol. The third kappa shape index (κ3) is 4.48. The van der Waals surface area contributed by atoms with Gasteiger partial charge in [-0.25, -0.2) is 0 Å². The number of benzene rings is 1. The van der Waals surface area contributed by atoms with Gasteiger partial charge in [-0.15, -0.1) is 0 Å². The molecule has 0 bridgehead atoms. The fraction of sp³-hybridized carbons (Fsp3) is 0.368. The first-order chi connectivity index (χ1) is 12.2. The monoisotopic (exact) mass is 340 g/mol. The third-order valence-corrected chi connectivity index (χ3v) is 4.40. The van der Waals surface area contributed by atoms with Gasteiger partial charge in [-0.3, -0.25) is 14.4 Å². The van der Waals surface area contributed by atoms with Crippen molar-refractivity contribution in [2.24, 2.45) is 7.05 Å². The lowest BCUT2D eigenvalue weighted by atomic mass is 10.0.